The first-order chi connectivity index (χ1) is 8.00. The minimum absolute atomic E-state index is 0.106. The Morgan fingerprint density at radius 1 is 1.41 bits per heavy atom. The minimum Gasteiger partial charge on any atom is -0.399 e. The molecule has 0 unspecified atom stereocenters. The van der Waals surface area contributed by atoms with Gasteiger partial charge in [0.15, 0.2) is 0 Å². The van der Waals surface area contributed by atoms with Gasteiger partial charge in [0, 0.05) is 24.3 Å². The topological polar surface area (TPSA) is 38.5 Å². The lowest BCUT2D eigenvalue weighted by Crippen LogP contribution is -2.52. The van der Waals surface area contributed by atoms with Gasteiger partial charge in [-0.3, -0.25) is 4.90 Å². The van der Waals surface area contributed by atoms with Crippen molar-refractivity contribution in [3.8, 4) is 0 Å². The van der Waals surface area contributed by atoms with Crippen LogP contribution in [-0.4, -0.2) is 30.2 Å². The highest BCUT2D eigenvalue weighted by atomic mass is 16.5. The number of nitrogen functional groups attached to an aromatic ring is 1. The summed E-state index contributed by atoms with van der Waals surface area (Å²) in [6, 6.07) is 6.16. The van der Waals surface area contributed by atoms with Crippen molar-refractivity contribution in [2.75, 3.05) is 25.5 Å². The molecule has 3 heteroatoms. The Balaban J connectivity index is 2.17. The average Bonchev–Trinajstić information content (AvgIpc) is 2.27. The molecule has 0 aromatic heterocycles. The standard InChI is InChI=1S/C14H22N2O/c1-11-12(5-4-6-13(11)15)9-16-7-8-17-10-14(16,2)3/h4-6H,7-10,15H2,1-3H3. The second-order valence-corrected chi connectivity index (χ2v) is 5.42. The maximum atomic E-state index is 5.95. The summed E-state index contributed by atoms with van der Waals surface area (Å²) in [5, 5.41) is 0. The van der Waals surface area contributed by atoms with Crippen molar-refractivity contribution in [1.82, 2.24) is 4.90 Å². The number of hydrogen-bond acceptors (Lipinski definition) is 3. The first kappa shape index (κ1) is 12.4. The highest BCUT2D eigenvalue weighted by Crippen LogP contribution is 2.24. The highest BCUT2D eigenvalue weighted by Gasteiger charge is 2.30. The third-order valence-electron chi connectivity index (χ3n) is 3.67. The molecule has 1 saturated heterocycles. The van der Waals surface area contributed by atoms with Gasteiger partial charge < -0.3 is 10.5 Å². The third-order valence-corrected chi connectivity index (χ3v) is 3.67. The van der Waals surface area contributed by atoms with Gasteiger partial charge in [0.2, 0.25) is 0 Å². The van der Waals surface area contributed by atoms with E-state index in [1.807, 2.05) is 12.1 Å². The van der Waals surface area contributed by atoms with Gasteiger partial charge in [-0.1, -0.05) is 12.1 Å². The molecule has 0 saturated carbocycles. The molecule has 1 heterocycles. The average molecular weight is 234 g/mol. The summed E-state index contributed by atoms with van der Waals surface area (Å²) < 4.78 is 5.54. The van der Waals surface area contributed by atoms with Crippen LogP contribution in [0.1, 0.15) is 25.0 Å². The lowest BCUT2D eigenvalue weighted by atomic mass is 9.99. The Morgan fingerprint density at radius 2 is 2.18 bits per heavy atom. The Hall–Kier alpha value is -1.06. The number of anilines is 1. The lowest BCUT2D eigenvalue weighted by molar-refractivity contribution is -0.0553. The predicted molar refractivity (Wildman–Crippen MR) is 70.9 cm³/mol. The van der Waals surface area contributed by atoms with Crippen molar-refractivity contribution in [3.05, 3.63) is 29.3 Å². The maximum Gasteiger partial charge on any atom is 0.0645 e. The van der Waals surface area contributed by atoms with Crippen molar-refractivity contribution in [3.63, 3.8) is 0 Å². The minimum atomic E-state index is 0.106. The molecule has 0 atom stereocenters. The molecule has 17 heavy (non-hydrogen) atoms. The zero-order valence-electron chi connectivity index (χ0n) is 11.0. The molecule has 0 radical (unpaired) electrons. The Kier molecular flexibility index (Phi) is 3.40. The largest absolute Gasteiger partial charge is 0.399 e. The molecule has 0 aliphatic carbocycles. The summed E-state index contributed by atoms with van der Waals surface area (Å²) in [5.41, 5.74) is 9.46. The SMILES string of the molecule is Cc1c(N)cccc1CN1CCOCC1(C)C. The summed E-state index contributed by atoms with van der Waals surface area (Å²) in [4.78, 5) is 2.47. The zero-order chi connectivity index (χ0) is 12.5. The number of rotatable bonds is 2. The number of nitrogens with two attached hydrogens (primary N) is 1. The Bertz CT molecular complexity index is 401. The van der Waals surface area contributed by atoms with Crippen molar-refractivity contribution < 1.29 is 4.74 Å². The fraction of sp³-hybridized carbons (Fsp3) is 0.571. The van der Waals surface area contributed by atoms with Gasteiger partial charge in [-0.2, -0.15) is 0 Å². The van der Waals surface area contributed by atoms with E-state index in [1.54, 1.807) is 0 Å². The molecule has 0 bridgehead atoms. The van der Waals surface area contributed by atoms with Crippen LogP contribution >= 0.6 is 0 Å². The van der Waals surface area contributed by atoms with Gasteiger partial charge in [0.25, 0.3) is 0 Å². The molecule has 2 rings (SSSR count). The van der Waals surface area contributed by atoms with E-state index in [0.717, 1.165) is 32.0 Å². The number of ether oxygens (including phenoxy) is 1. The number of benzene rings is 1. The van der Waals surface area contributed by atoms with E-state index in [0.29, 0.717) is 0 Å². The van der Waals surface area contributed by atoms with Crippen LogP contribution in [0, 0.1) is 6.92 Å². The van der Waals surface area contributed by atoms with Crippen LogP contribution in [0.15, 0.2) is 18.2 Å². The predicted octanol–water partition coefficient (Wildman–Crippen LogP) is 2.19. The van der Waals surface area contributed by atoms with Gasteiger partial charge >= 0.3 is 0 Å². The summed E-state index contributed by atoms with van der Waals surface area (Å²) in [5.74, 6) is 0. The smallest absolute Gasteiger partial charge is 0.0645 e. The van der Waals surface area contributed by atoms with Crippen LogP contribution < -0.4 is 5.73 Å². The molecule has 3 nitrogen and oxygen atoms in total. The summed E-state index contributed by atoms with van der Waals surface area (Å²) >= 11 is 0. The number of morpholine rings is 1. The van der Waals surface area contributed by atoms with Crippen LogP contribution in [0.5, 0.6) is 0 Å². The molecule has 1 aromatic carbocycles. The fourth-order valence-corrected chi connectivity index (χ4v) is 2.26. The molecular weight excluding hydrogens is 212 g/mol. The molecule has 0 amide bonds. The molecule has 94 valence electrons. The molecule has 0 spiro atoms. The Morgan fingerprint density at radius 3 is 2.88 bits per heavy atom. The molecular formula is C14H22N2O. The zero-order valence-corrected chi connectivity index (χ0v) is 11.0. The Labute approximate surface area is 104 Å². The van der Waals surface area contributed by atoms with Crippen LogP contribution in [0.3, 0.4) is 0 Å². The van der Waals surface area contributed by atoms with Crippen LogP contribution in [0.2, 0.25) is 0 Å². The second-order valence-electron chi connectivity index (χ2n) is 5.42. The van der Waals surface area contributed by atoms with Crippen LogP contribution in [-0.2, 0) is 11.3 Å². The van der Waals surface area contributed by atoms with E-state index in [4.69, 9.17) is 10.5 Å². The normalized spacial score (nSPS) is 20.4. The molecule has 1 aromatic rings. The summed E-state index contributed by atoms with van der Waals surface area (Å²) in [7, 11) is 0. The monoisotopic (exact) mass is 234 g/mol. The number of hydrogen-bond donors (Lipinski definition) is 1. The van der Waals surface area contributed by atoms with Crippen LogP contribution in [0.4, 0.5) is 5.69 Å². The van der Waals surface area contributed by atoms with Crippen molar-refractivity contribution in [1.29, 1.82) is 0 Å². The fourth-order valence-electron chi connectivity index (χ4n) is 2.26. The van der Waals surface area contributed by atoms with Crippen molar-refractivity contribution in [2.45, 2.75) is 32.9 Å². The summed E-state index contributed by atoms with van der Waals surface area (Å²) in [6.07, 6.45) is 0. The number of nitrogens with zero attached hydrogens (tertiary/aromatic N) is 1. The molecule has 1 fully saturated rings. The quantitative estimate of drug-likeness (QED) is 0.797. The first-order valence-electron chi connectivity index (χ1n) is 6.17. The van der Waals surface area contributed by atoms with Crippen molar-refractivity contribution in [2.24, 2.45) is 0 Å². The highest BCUT2D eigenvalue weighted by molar-refractivity contribution is 5.49. The van der Waals surface area contributed by atoms with Gasteiger partial charge in [0.05, 0.1) is 13.2 Å². The second kappa shape index (κ2) is 4.67. The molecule has 2 N–H and O–H groups in total. The van der Waals surface area contributed by atoms with Crippen LogP contribution in [0.25, 0.3) is 0 Å². The first-order valence-corrected chi connectivity index (χ1v) is 6.17. The lowest BCUT2D eigenvalue weighted by Gasteiger charge is -2.42. The summed E-state index contributed by atoms with van der Waals surface area (Å²) in [6.45, 7) is 10.1. The van der Waals surface area contributed by atoms with Gasteiger partial charge in [-0.05, 0) is 38.0 Å². The van der Waals surface area contributed by atoms with E-state index in [2.05, 4.69) is 31.7 Å². The van der Waals surface area contributed by atoms with E-state index >= 15 is 0 Å². The van der Waals surface area contributed by atoms with E-state index in [-0.39, 0.29) is 5.54 Å². The maximum absolute atomic E-state index is 5.95. The van der Waals surface area contributed by atoms with E-state index < -0.39 is 0 Å². The van der Waals surface area contributed by atoms with Gasteiger partial charge in [-0.25, -0.2) is 0 Å². The molecule has 1 aliphatic rings. The van der Waals surface area contributed by atoms with E-state index in [9.17, 15) is 0 Å². The van der Waals surface area contributed by atoms with E-state index in [1.165, 1.54) is 11.1 Å². The molecule has 1 aliphatic heterocycles. The third kappa shape index (κ3) is 2.61. The van der Waals surface area contributed by atoms with Crippen molar-refractivity contribution >= 4 is 5.69 Å². The van der Waals surface area contributed by atoms with Gasteiger partial charge in [0.1, 0.15) is 0 Å². The van der Waals surface area contributed by atoms with Gasteiger partial charge in [-0.15, -0.1) is 0 Å².